The maximum atomic E-state index is 12.6. The highest BCUT2D eigenvalue weighted by atomic mass is 16.5. The lowest BCUT2D eigenvalue weighted by Crippen LogP contribution is -2.45. The number of carbonyl (C=O) groups excluding carboxylic acids is 1. The molecule has 0 radical (unpaired) electrons. The summed E-state index contributed by atoms with van der Waals surface area (Å²) in [4.78, 5) is 12.6. The molecule has 1 aromatic rings. The molecule has 4 nitrogen and oxygen atoms in total. The van der Waals surface area contributed by atoms with Gasteiger partial charge in [-0.25, -0.2) is 0 Å². The number of ether oxygens (including phenoxy) is 1. The van der Waals surface area contributed by atoms with E-state index in [9.17, 15) is 4.79 Å². The second kappa shape index (κ2) is 6.27. The van der Waals surface area contributed by atoms with Crippen LogP contribution in [0.2, 0.25) is 0 Å². The summed E-state index contributed by atoms with van der Waals surface area (Å²) in [6, 6.07) is 7.80. The molecule has 0 aliphatic carbocycles. The number of hydrogen-bond acceptors (Lipinski definition) is 3. The predicted octanol–water partition coefficient (Wildman–Crippen LogP) is 1.95. The standard InChI is InChI=1S/C16H24N2O2/c1-12(2)16(7-8-17-11-16)15(19)18-10-13-5-4-6-14(9-13)20-3/h4-6,9,12,17H,7-8,10-11H2,1-3H3,(H,18,19). The van der Waals surface area contributed by atoms with Crippen molar-refractivity contribution in [1.29, 1.82) is 0 Å². The van der Waals surface area contributed by atoms with E-state index in [2.05, 4.69) is 24.5 Å². The van der Waals surface area contributed by atoms with E-state index in [1.165, 1.54) is 0 Å². The largest absolute Gasteiger partial charge is 0.497 e. The van der Waals surface area contributed by atoms with Gasteiger partial charge in [-0.15, -0.1) is 0 Å². The van der Waals surface area contributed by atoms with Crippen molar-refractivity contribution in [1.82, 2.24) is 10.6 Å². The highest BCUT2D eigenvalue weighted by Gasteiger charge is 2.43. The smallest absolute Gasteiger partial charge is 0.228 e. The highest BCUT2D eigenvalue weighted by molar-refractivity contribution is 5.83. The van der Waals surface area contributed by atoms with Crippen molar-refractivity contribution >= 4 is 5.91 Å². The average molecular weight is 276 g/mol. The maximum Gasteiger partial charge on any atom is 0.228 e. The monoisotopic (exact) mass is 276 g/mol. The Labute approximate surface area is 120 Å². The van der Waals surface area contributed by atoms with Crippen LogP contribution in [-0.2, 0) is 11.3 Å². The Morgan fingerprint density at radius 1 is 1.50 bits per heavy atom. The molecule has 1 aliphatic heterocycles. The number of methoxy groups -OCH3 is 1. The van der Waals surface area contributed by atoms with Crippen LogP contribution in [-0.4, -0.2) is 26.1 Å². The quantitative estimate of drug-likeness (QED) is 0.864. The molecule has 110 valence electrons. The highest BCUT2D eigenvalue weighted by Crippen LogP contribution is 2.34. The minimum absolute atomic E-state index is 0.153. The zero-order valence-corrected chi connectivity index (χ0v) is 12.5. The fourth-order valence-electron chi connectivity index (χ4n) is 2.80. The molecule has 1 amide bonds. The van der Waals surface area contributed by atoms with Crippen molar-refractivity contribution in [2.24, 2.45) is 11.3 Å². The average Bonchev–Trinajstić information content (AvgIpc) is 2.96. The number of amides is 1. The molecule has 0 spiro atoms. The second-order valence-electron chi connectivity index (χ2n) is 5.77. The molecule has 1 aromatic carbocycles. The first-order chi connectivity index (χ1) is 9.58. The van der Waals surface area contributed by atoms with Gasteiger partial charge >= 0.3 is 0 Å². The summed E-state index contributed by atoms with van der Waals surface area (Å²) in [5.74, 6) is 1.31. The molecule has 0 bridgehead atoms. The number of benzene rings is 1. The molecule has 4 heteroatoms. The number of nitrogens with one attached hydrogen (secondary N) is 2. The van der Waals surface area contributed by atoms with E-state index in [1.807, 2.05) is 24.3 Å². The molecule has 20 heavy (non-hydrogen) atoms. The van der Waals surface area contributed by atoms with E-state index in [1.54, 1.807) is 7.11 Å². The Kier molecular flexibility index (Phi) is 4.65. The number of carbonyl (C=O) groups is 1. The van der Waals surface area contributed by atoms with Crippen LogP contribution in [0.3, 0.4) is 0 Å². The van der Waals surface area contributed by atoms with Crippen LogP contribution < -0.4 is 15.4 Å². The zero-order chi connectivity index (χ0) is 14.6. The van der Waals surface area contributed by atoms with Crippen molar-refractivity contribution in [3.8, 4) is 5.75 Å². The Bertz CT molecular complexity index is 465. The molecule has 0 aromatic heterocycles. The molecule has 2 rings (SSSR count). The lowest BCUT2D eigenvalue weighted by Gasteiger charge is -2.31. The summed E-state index contributed by atoms with van der Waals surface area (Å²) in [5, 5.41) is 6.39. The van der Waals surface area contributed by atoms with Gasteiger partial charge in [0.2, 0.25) is 5.91 Å². The Morgan fingerprint density at radius 2 is 2.30 bits per heavy atom. The van der Waals surface area contributed by atoms with Crippen molar-refractivity contribution in [3.05, 3.63) is 29.8 Å². The summed E-state index contributed by atoms with van der Waals surface area (Å²) in [5.41, 5.74) is 0.793. The van der Waals surface area contributed by atoms with Crippen LogP contribution in [0.5, 0.6) is 5.75 Å². The van der Waals surface area contributed by atoms with Gasteiger partial charge in [0, 0.05) is 13.1 Å². The molecule has 1 aliphatic rings. The first-order valence-electron chi connectivity index (χ1n) is 7.20. The fraction of sp³-hybridized carbons (Fsp3) is 0.562. The first kappa shape index (κ1) is 14.9. The summed E-state index contributed by atoms with van der Waals surface area (Å²) < 4.78 is 5.20. The maximum absolute atomic E-state index is 12.6. The Balaban J connectivity index is 2.00. The van der Waals surface area contributed by atoms with Gasteiger partial charge in [0.1, 0.15) is 5.75 Å². The van der Waals surface area contributed by atoms with Crippen LogP contribution in [0.25, 0.3) is 0 Å². The normalized spacial score (nSPS) is 22.0. The van der Waals surface area contributed by atoms with Gasteiger partial charge in [0.25, 0.3) is 0 Å². The van der Waals surface area contributed by atoms with Crippen molar-refractivity contribution in [2.75, 3.05) is 20.2 Å². The van der Waals surface area contributed by atoms with Crippen molar-refractivity contribution in [2.45, 2.75) is 26.8 Å². The summed E-state index contributed by atoms with van der Waals surface area (Å²) in [6.07, 6.45) is 0.911. The van der Waals surface area contributed by atoms with Crippen molar-refractivity contribution < 1.29 is 9.53 Å². The van der Waals surface area contributed by atoms with E-state index in [-0.39, 0.29) is 11.3 Å². The fourth-order valence-corrected chi connectivity index (χ4v) is 2.80. The molecule has 1 unspecified atom stereocenters. The molecule has 1 atom stereocenters. The van der Waals surface area contributed by atoms with Crippen LogP contribution in [0, 0.1) is 11.3 Å². The number of rotatable bonds is 5. The molecule has 2 N–H and O–H groups in total. The Morgan fingerprint density at radius 3 is 2.90 bits per heavy atom. The van der Waals surface area contributed by atoms with Gasteiger partial charge in [0.05, 0.1) is 12.5 Å². The van der Waals surface area contributed by atoms with Gasteiger partial charge in [-0.2, -0.15) is 0 Å². The first-order valence-corrected chi connectivity index (χ1v) is 7.20. The summed E-state index contributed by atoms with van der Waals surface area (Å²) in [7, 11) is 1.65. The molecule has 0 saturated carbocycles. The van der Waals surface area contributed by atoms with Crippen LogP contribution in [0.15, 0.2) is 24.3 Å². The third kappa shape index (κ3) is 2.96. The minimum Gasteiger partial charge on any atom is -0.497 e. The van der Waals surface area contributed by atoms with E-state index >= 15 is 0 Å². The third-order valence-electron chi connectivity index (χ3n) is 4.33. The van der Waals surface area contributed by atoms with E-state index < -0.39 is 0 Å². The van der Waals surface area contributed by atoms with Gasteiger partial charge in [-0.05, 0) is 36.6 Å². The van der Waals surface area contributed by atoms with Gasteiger partial charge in [0.15, 0.2) is 0 Å². The summed E-state index contributed by atoms with van der Waals surface area (Å²) in [6.45, 7) is 6.49. The summed E-state index contributed by atoms with van der Waals surface area (Å²) >= 11 is 0. The SMILES string of the molecule is COc1cccc(CNC(=O)C2(C(C)C)CCNC2)c1. The van der Waals surface area contributed by atoms with Gasteiger partial charge < -0.3 is 15.4 Å². The lowest BCUT2D eigenvalue weighted by molar-refractivity contribution is -0.132. The van der Waals surface area contributed by atoms with Crippen LogP contribution in [0.1, 0.15) is 25.8 Å². The molecule has 1 fully saturated rings. The van der Waals surface area contributed by atoms with E-state index in [0.717, 1.165) is 30.8 Å². The van der Waals surface area contributed by atoms with Gasteiger partial charge in [-0.1, -0.05) is 26.0 Å². The Hall–Kier alpha value is -1.55. The predicted molar refractivity (Wildman–Crippen MR) is 79.6 cm³/mol. The second-order valence-corrected chi connectivity index (χ2v) is 5.77. The third-order valence-corrected chi connectivity index (χ3v) is 4.33. The minimum atomic E-state index is -0.265. The number of hydrogen-bond donors (Lipinski definition) is 2. The topological polar surface area (TPSA) is 50.4 Å². The molecule has 1 saturated heterocycles. The molecular formula is C16H24N2O2. The lowest BCUT2D eigenvalue weighted by atomic mass is 9.75. The van der Waals surface area contributed by atoms with Gasteiger partial charge in [-0.3, -0.25) is 4.79 Å². The zero-order valence-electron chi connectivity index (χ0n) is 12.5. The van der Waals surface area contributed by atoms with Crippen molar-refractivity contribution in [3.63, 3.8) is 0 Å². The molecular weight excluding hydrogens is 252 g/mol. The van der Waals surface area contributed by atoms with E-state index in [4.69, 9.17) is 4.74 Å². The van der Waals surface area contributed by atoms with Crippen LogP contribution >= 0.6 is 0 Å². The van der Waals surface area contributed by atoms with Crippen LogP contribution in [0.4, 0.5) is 0 Å². The van der Waals surface area contributed by atoms with E-state index in [0.29, 0.717) is 12.5 Å². The molecule has 1 heterocycles.